The summed E-state index contributed by atoms with van der Waals surface area (Å²) in [4.78, 5) is 59.0. The van der Waals surface area contributed by atoms with Gasteiger partial charge in [0.05, 0.1) is 44.5 Å². The fourth-order valence-electron chi connectivity index (χ4n) is 11.2. The third kappa shape index (κ3) is 13.6. The maximum absolute atomic E-state index is 13.7. The number of unbranched alkanes of at least 4 members (excludes halogenated alkanes) is 3. The van der Waals surface area contributed by atoms with E-state index in [-0.39, 0.29) is 41.3 Å². The van der Waals surface area contributed by atoms with Crippen molar-refractivity contribution in [2.24, 2.45) is 5.92 Å². The Morgan fingerprint density at radius 1 is 0.693 bits per heavy atom. The van der Waals surface area contributed by atoms with E-state index in [1.54, 1.807) is 26.4 Å². The van der Waals surface area contributed by atoms with Crippen LogP contribution >= 0.6 is 0 Å². The van der Waals surface area contributed by atoms with Crippen molar-refractivity contribution >= 4 is 50.8 Å². The number of piperidine rings is 1. The predicted octanol–water partition coefficient (Wildman–Crippen LogP) is 8.51. The molecule has 3 fully saturated rings. The average molecular weight is 1060 g/mol. The summed E-state index contributed by atoms with van der Waals surface area (Å²) in [7, 11) is -1.13. The quantitative estimate of drug-likeness (QED) is 0.0433. The normalized spacial score (nSPS) is 21.4. The molecule has 1 saturated carbocycles. The lowest BCUT2D eigenvalue weighted by Gasteiger charge is -2.27. The molecule has 16 nitrogen and oxygen atoms in total. The summed E-state index contributed by atoms with van der Waals surface area (Å²) in [5.41, 5.74) is 10.3. The molecule has 2 aromatic carbocycles. The fourth-order valence-corrected chi connectivity index (χ4v) is 11.7. The number of ether oxygens (including phenoxy) is 4. The second-order valence-corrected chi connectivity index (χ2v) is 22.6. The highest BCUT2D eigenvalue weighted by atomic mass is 32.2. The summed E-state index contributed by atoms with van der Waals surface area (Å²) in [5, 5.41) is 0.581. The molecule has 7 rings (SSSR count). The Morgan fingerprint density at radius 2 is 1.21 bits per heavy atom. The van der Waals surface area contributed by atoms with Crippen LogP contribution in [-0.4, -0.2) is 132 Å². The van der Waals surface area contributed by atoms with Gasteiger partial charge in [-0.2, -0.15) is 8.42 Å². The standard InChI is InChI=1S/C58H78N4O12S/c1-8-41-15-21-48-46(39-41)57(2,3)51(60(48)31-33-72-37-35-70-6)23-18-43-16-17-44(19-24-52-58(4,5)47-40-45(75(67,68)69)20-22-49(47)61(52)32-34-73-38-36-71-7)56(43)59-29-27-42(28-30-59)50(63)13-11-9-10-12-14-55(66)74-62-53(64)25-26-54(62)65/h15,18-24,39-40,42H,8-14,16-17,25-38H2,1-7H3/p+1. The first-order valence-corrected chi connectivity index (χ1v) is 28.3. The van der Waals surface area contributed by atoms with Gasteiger partial charge in [-0.05, 0) is 85.2 Å². The topological polar surface area (TPSA) is 182 Å². The van der Waals surface area contributed by atoms with Crippen molar-refractivity contribution in [1.29, 1.82) is 0 Å². The number of imide groups is 1. The number of methoxy groups -OCH3 is 2. The molecule has 2 saturated heterocycles. The van der Waals surface area contributed by atoms with Gasteiger partial charge in [-0.1, -0.05) is 71.7 Å². The summed E-state index contributed by atoms with van der Waals surface area (Å²) in [5.74, 6) is -1.36. The van der Waals surface area contributed by atoms with Crippen LogP contribution in [-0.2, 0) is 70.3 Å². The van der Waals surface area contributed by atoms with Gasteiger partial charge in [-0.3, -0.25) is 18.9 Å². The number of anilines is 2. The third-order valence-electron chi connectivity index (χ3n) is 15.5. The van der Waals surface area contributed by atoms with Crippen LogP contribution in [0.1, 0.15) is 128 Å². The van der Waals surface area contributed by atoms with E-state index < -0.39 is 33.3 Å². The van der Waals surface area contributed by atoms with E-state index in [2.05, 4.69) is 91.5 Å². The van der Waals surface area contributed by atoms with E-state index in [1.165, 1.54) is 45.4 Å². The van der Waals surface area contributed by atoms with Crippen LogP contribution in [0, 0.1) is 5.92 Å². The number of ketones is 1. The maximum atomic E-state index is 13.7. The molecule has 0 bridgehead atoms. The van der Waals surface area contributed by atoms with Crippen LogP contribution in [0.3, 0.4) is 0 Å². The van der Waals surface area contributed by atoms with E-state index in [9.17, 15) is 32.1 Å². The lowest BCUT2D eigenvalue weighted by molar-refractivity contribution is -0.538. The number of rotatable bonds is 25. The molecule has 0 aromatic heterocycles. The molecule has 0 unspecified atom stereocenters. The molecule has 408 valence electrons. The summed E-state index contributed by atoms with van der Waals surface area (Å²) in [6.07, 6.45) is 16.5. The average Bonchev–Trinajstić information content (AvgIpc) is 4.08. The SMILES string of the molecule is CCc1ccc2c(c1)C(C)(C)C(=CC=C1CCC(=CC=C3N(CCOCCOC)c4ccc(S(=O)(=O)O)cc4C3(C)C)C1=[N+]1CCC(C(=O)CCCCCCC(=O)ON3C(=O)CCC3=O)CC1)N2CCOCCOC. The first-order valence-electron chi connectivity index (χ1n) is 26.9. The number of aryl methyl sites for hydroxylation is 1. The van der Waals surface area contributed by atoms with Gasteiger partial charge in [0.15, 0.2) is 0 Å². The summed E-state index contributed by atoms with van der Waals surface area (Å²) in [6.45, 7) is 16.5. The molecule has 5 aliphatic rings. The molecule has 0 spiro atoms. The Balaban J connectivity index is 1.15. The zero-order chi connectivity index (χ0) is 53.9. The second-order valence-electron chi connectivity index (χ2n) is 21.1. The molecule has 1 N–H and O–H groups in total. The minimum Gasteiger partial charge on any atom is -0.382 e. The van der Waals surface area contributed by atoms with Crippen LogP contribution in [0.2, 0.25) is 0 Å². The molecule has 2 aromatic rings. The van der Waals surface area contributed by atoms with Crippen molar-refractivity contribution in [2.45, 2.75) is 134 Å². The number of fused-ring (bicyclic) bond motifs is 2. The van der Waals surface area contributed by atoms with Crippen molar-refractivity contribution in [3.63, 3.8) is 0 Å². The highest BCUT2D eigenvalue weighted by Gasteiger charge is 2.43. The van der Waals surface area contributed by atoms with Gasteiger partial charge in [0.1, 0.15) is 18.9 Å². The zero-order valence-corrected chi connectivity index (χ0v) is 46.1. The molecule has 0 atom stereocenters. The van der Waals surface area contributed by atoms with E-state index in [4.69, 9.17) is 23.8 Å². The highest BCUT2D eigenvalue weighted by molar-refractivity contribution is 7.85. The number of carbonyl (C=O) groups excluding carboxylic acids is 4. The molecule has 0 radical (unpaired) electrons. The minimum absolute atomic E-state index is 0.0478. The molecule has 4 heterocycles. The monoisotopic (exact) mass is 1060 g/mol. The highest BCUT2D eigenvalue weighted by Crippen LogP contribution is 2.50. The van der Waals surface area contributed by atoms with Crippen molar-refractivity contribution in [3.05, 3.63) is 99.9 Å². The molecule has 17 heteroatoms. The van der Waals surface area contributed by atoms with Gasteiger partial charge in [0.2, 0.25) is 5.71 Å². The molecule has 4 aliphatic heterocycles. The number of nitrogens with zero attached hydrogens (tertiary/aromatic N) is 4. The van der Waals surface area contributed by atoms with Crippen LogP contribution in [0.5, 0.6) is 0 Å². The zero-order valence-electron chi connectivity index (χ0n) is 45.2. The predicted molar refractivity (Wildman–Crippen MR) is 287 cm³/mol. The maximum Gasteiger partial charge on any atom is 0.333 e. The van der Waals surface area contributed by atoms with Crippen LogP contribution in [0.4, 0.5) is 11.4 Å². The lowest BCUT2D eigenvalue weighted by Crippen LogP contribution is -2.34. The third-order valence-corrected chi connectivity index (χ3v) is 16.3. The number of hydroxylamine groups is 2. The van der Waals surface area contributed by atoms with E-state index >= 15 is 0 Å². The van der Waals surface area contributed by atoms with E-state index in [1.807, 2.05) is 0 Å². The van der Waals surface area contributed by atoms with Crippen molar-refractivity contribution < 1.29 is 60.5 Å². The number of amides is 2. The summed E-state index contributed by atoms with van der Waals surface area (Å²) >= 11 is 0. The fraction of sp³-hybridized carbons (Fsp3) is 0.569. The van der Waals surface area contributed by atoms with Gasteiger partial charge >= 0.3 is 5.97 Å². The number of benzene rings is 2. The Hall–Kier alpha value is -5.30. The van der Waals surface area contributed by atoms with E-state index in [0.717, 1.165) is 81.4 Å². The number of hydrogen-bond acceptors (Lipinski definition) is 13. The molecule has 2 amide bonds. The van der Waals surface area contributed by atoms with Crippen molar-refractivity contribution in [2.75, 3.05) is 89.8 Å². The number of carbonyl (C=O) groups is 4. The molecular weight excluding hydrogens is 977 g/mol. The number of allylic oxidation sites excluding steroid dienone is 8. The Bertz CT molecular complexity index is 2690. The first kappa shape index (κ1) is 57.4. The first-order chi connectivity index (χ1) is 35.9. The van der Waals surface area contributed by atoms with Crippen LogP contribution in [0.25, 0.3) is 0 Å². The smallest absolute Gasteiger partial charge is 0.333 e. The minimum atomic E-state index is -4.44. The van der Waals surface area contributed by atoms with Gasteiger partial charge in [0.25, 0.3) is 21.9 Å². The Morgan fingerprint density at radius 3 is 1.73 bits per heavy atom. The molecule has 1 aliphatic carbocycles. The van der Waals surface area contributed by atoms with Crippen molar-refractivity contribution in [1.82, 2.24) is 5.06 Å². The van der Waals surface area contributed by atoms with Gasteiger partial charge in [0, 0.05) is 116 Å². The number of Topliss-reactive ketones (excluding diaryl/α,β-unsaturated/α-hetero) is 1. The van der Waals surface area contributed by atoms with Gasteiger partial charge in [-0.25, -0.2) is 9.37 Å². The largest absolute Gasteiger partial charge is 0.382 e. The lowest BCUT2D eigenvalue weighted by atomic mass is 9.82. The molecule has 75 heavy (non-hydrogen) atoms. The van der Waals surface area contributed by atoms with Gasteiger partial charge in [-0.15, -0.1) is 5.06 Å². The Kier molecular flexibility index (Phi) is 19.7. The van der Waals surface area contributed by atoms with E-state index in [0.29, 0.717) is 70.6 Å². The van der Waals surface area contributed by atoms with Crippen LogP contribution in [0.15, 0.2) is 88.1 Å². The number of hydrogen-bond donors (Lipinski definition) is 1. The van der Waals surface area contributed by atoms with Gasteiger partial charge < -0.3 is 33.6 Å². The van der Waals surface area contributed by atoms with Crippen molar-refractivity contribution in [3.8, 4) is 0 Å². The summed E-state index contributed by atoms with van der Waals surface area (Å²) < 4.78 is 59.7. The molecular formula is C58H79N4O12S+. The van der Waals surface area contributed by atoms with Crippen LogP contribution < -0.4 is 9.80 Å². The Labute approximate surface area is 444 Å². The second kappa shape index (κ2) is 25.7. The summed E-state index contributed by atoms with van der Waals surface area (Å²) in [6, 6.07) is 11.6.